The van der Waals surface area contributed by atoms with Crippen molar-refractivity contribution in [3.8, 4) is 5.69 Å². The number of hydrogen-bond donors (Lipinski definition) is 1. The van der Waals surface area contributed by atoms with E-state index in [1.807, 2.05) is 6.07 Å². The molecule has 3 aromatic rings. The largest absolute Gasteiger partial charge is 0.262 e. The van der Waals surface area contributed by atoms with Crippen molar-refractivity contribution in [2.24, 2.45) is 0 Å². The van der Waals surface area contributed by atoms with Gasteiger partial charge in [-0.2, -0.15) is 0 Å². The first kappa shape index (κ1) is 14.4. The van der Waals surface area contributed by atoms with Crippen LogP contribution in [-0.4, -0.2) is 28.4 Å². The van der Waals surface area contributed by atoms with Gasteiger partial charge in [-0.1, -0.05) is 23.4 Å². The standard InChI is InChI=1S/C14H13N5O2S/c20-22(21,14-6-2-1-3-7-14)16-9-12-11-19(18-17-12)13-5-4-8-15-10-13/h1-8,10-11,16H,9H2. The zero-order valence-corrected chi connectivity index (χ0v) is 12.3. The highest BCUT2D eigenvalue weighted by molar-refractivity contribution is 7.89. The summed E-state index contributed by atoms with van der Waals surface area (Å²) in [6.45, 7) is 0.0670. The van der Waals surface area contributed by atoms with E-state index in [-0.39, 0.29) is 11.4 Å². The van der Waals surface area contributed by atoms with Crippen LogP contribution in [0.2, 0.25) is 0 Å². The molecule has 7 nitrogen and oxygen atoms in total. The summed E-state index contributed by atoms with van der Waals surface area (Å²) in [5, 5.41) is 7.90. The van der Waals surface area contributed by atoms with E-state index in [0.29, 0.717) is 5.69 Å². The van der Waals surface area contributed by atoms with Gasteiger partial charge < -0.3 is 0 Å². The van der Waals surface area contributed by atoms with E-state index < -0.39 is 10.0 Å². The lowest BCUT2D eigenvalue weighted by molar-refractivity contribution is 0.580. The average molecular weight is 315 g/mol. The van der Waals surface area contributed by atoms with Gasteiger partial charge in [0.25, 0.3) is 0 Å². The maximum Gasteiger partial charge on any atom is 0.240 e. The number of aromatic nitrogens is 4. The van der Waals surface area contributed by atoms with Gasteiger partial charge in [0.05, 0.1) is 35.2 Å². The fourth-order valence-corrected chi connectivity index (χ4v) is 2.87. The van der Waals surface area contributed by atoms with Crippen LogP contribution in [0.25, 0.3) is 5.69 Å². The summed E-state index contributed by atoms with van der Waals surface area (Å²) in [6, 6.07) is 11.8. The Bertz CT molecular complexity index is 847. The molecule has 1 aromatic carbocycles. The maximum absolute atomic E-state index is 12.1. The van der Waals surface area contributed by atoms with E-state index in [9.17, 15) is 8.42 Å². The molecule has 3 rings (SSSR count). The van der Waals surface area contributed by atoms with Crippen LogP contribution < -0.4 is 4.72 Å². The highest BCUT2D eigenvalue weighted by atomic mass is 32.2. The molecule has 2 heterocycles. The second-order valence-electron chi connectivity index (χ2n) is 4.50. The lowest BCUT2D eigenvalue weighted by Gasteiger charge is -2.04. The molecule has 0 saturated carbocycles. The fraction of sp³-hybridized carbons (Fsp3) is 0.0714. The average Bonchev–Trinajstić information content (AvgIpc) is 3.04. The van der Waals surface area contributed by atoms with E-state index in [4.69, 9.17) is 0 Å². The third-order valence-electron chi connectivity index (χ3n) is 2.95. The van der Waals surface area contributed by atoms with Crippen molar-refractivity contribution in [3.63, 3.8) is 0 Å². The molecular formula is C14H13N5O2S. The Balaban J connectivity index is 1.72. The van der Waals surface area contributed by atoms with Crippen LogP contribution in [0.1, 0.15) is 5.69 Å². The predicted molar refractivity (Wildman–Crippen MR) is 79.6 cm³/mol. The van der Waals surface area contributed by atoms with Crippen LogP contribution in [0.3, 0.4) is 0 Å². The lowest BCUT2D eigenvalue weighted by atomic mass is 10.4. The summed E-state index contributed by atoms with van der Waals surface area (Å²) in [5.41, 5.74) is 1.27. The fourth-order valence-electron chi connectivity index (χ4n) is 1.85. The minimum atomic E-state index is -3.55. The van der Waals surface area contributed by atoms with Gasteiger partial charge in [0.1, 0.15) is 0 Å². The van der Waals surface area contributed by atoms with Crippen molar-refractivity contribution in [1.29, 1.82) is 0 Å². The molecule has 0 atom stereocenters. The monoisotopic (exact) mass is 315 g/mol. The van der Waals surface area contributed by atoms with Crippen LogP contribution >= 0.6 is 0 Å². The van der Waals surface area contributed by atoms with E-state index in [0.717, 1.165) is 5.69 Å². The van der Waals surface area contributed by atoms with Crippen LogP contribution in [0.15, 0.2) is 66.0 Å². The first-order valence-corrected chi connectivity index (χ1v) is 8.00. The van der Waals surface area contributed by atoms with Gasteiger partial charge in [0, 0.05) is 6.20 Å². The van der Waals surface area contributed by atoms with Crippen LogP contribution in [0.4, 0.5) is 0 Å². The summed E-state index contributed by atoms with van der Waals surface area (Å²) in [5.74, 6) is 0. The van der Waals surface area contributed by atoms with Gasteiger partial charge in [-0.25, -0.2) is 17.8 Å². The number of pyridine rings is 1. The zero-order valence-electron chi connectivity index (χ0n) is 11.5. The normalized spacial score (nSPS) is 11.5. The molecule has 1 N–H and O–H groups in total. The quantitative estimate of drug-likeness (QED) is 0.762. The molecule has 0 spiro atoms. The molecule has 0 radical (unpaired) electrons. The van der Waals surface area contributed by atoms with Crippen molar-refractivity contribution in [2.45, 2.75) is 11.4 Å². The molecule has 8 heteroatoms. The molecule has 0 unspecified atom stereocenters. The minimum absolute atomic E-state index is 0.0670. The van der Waals surface area contributed by atoms with Gasteiger partial charge >= 0.3 is 0 Å². The Morgan fingerprint density at radius 1 is 1.09 bits per heavy atom. The van der Waals surface area contributed by atoms with Gasteiger partial charge in [-0.15, -0.1) is 5.10 Å². The van der Waals surface area contributed by atoms with E-state index in [1.165, 1.54) is 12.1 Å². The lowest BCUT2D eigenvalue weighted by Crippen LogP contribution is -2.23. The first-order valence-electron chi connectivity index (χ1n) is 6.51. The Morgan fingerprint density at radius 2 is 1.91 bits per heavy atom. The number of nitrogens with zero attached hydrogens (tertiary/aromatic N) is 4. The Hall–Kier alpha value is -2.58. The van der Waals surface area contributed by atoms with E-state index in [2.05, 4.69) is 20.0 Å². The molecule has 0 fully saturated rings. The Morgan fingerprint density at radius 3 is 2.64 bits per heavy atom. The zero-order chi connectivity index (χ0) is 15.4. The first-order chi connectivity index (χ1) is 10.6. The molecule has 22 heavy (non-hydrogen) atoms. The third-order valence-corrected chi connectivity index (χ3v) is 4.37. The van der Waals surface area contributed by atoms with Gasteiger partial charge in [0.2, 0.25) is 10.0 Å². The van der Waals surface area contributed by atoms with Gasteiger partial charge in [-0.3, -0.25) is 4.98 Å². The Kier molecular flexibility index (Phi) is 3.94. The maximum atomic E-state index is 12.1. The number of nitrogens with one attached hydrogen (secondary N) is 1. The van der Waals surface area contributed by atoms with Crippen LogP contribution in [0.5, 0.6) is 0 Å². The predicted octanol–water partition coefficient (Wildman–Crippen LogP) is 1.14. The van der Waals surface area contributed by atoms with Crippen molar-refractivity contribution >= 4 is 10.0 Å². The Labute approximate surface area is 127 Å². The topological polar surface area (TPSA) is 89.8 Å². The summed E-state index contributed by atoms with van der Waals surface area (Å²) in [4.78, 5) is 4.21. The highest BCUT2D eigenvalue weighted by Gasteiger charge is 2.14. The molecular weight excluding hydrogens is 302 g/mol. The van der Waals surface area contributed by atoms with Gasteiger partial charge in [-0.05, 0) is 24.3 Å². The second kappa shape index (κ2) is 6.04. The molecule has 2 aromatic heterocycles. The smallest absolute Gasteiger partial charge is 0.240 e. The van der Waals surface area contributed by atoms with Crippen molar-refractivity contribution < 1.29 is 8.42 Å². The number of sulfonamides is 1. The third kappa shape index (κ3) is 3.18. The molecule has 0 aliphatic carbocycles. The molecule has 0 saturated heterocycles. The second-order valence-corrected chi connectivity index (χ2v) is 6.27. The van der Waals surface area contributed by atoms with Crippen molar-refractivity contribution in [1.82, 2.24) is 24.7 Å². The number of benzene rings is 1. The molecule has 112 valence electrons. The van der Waals surface area contributed by atoms with Crippen LogP contribution in [0, 0.1) is 0 Å². The summed E-state index contributed by atoms with van der Waals surface area (Å²) in [6.07, 6.45) is 4.96. The summed E-state index contributed by atoms with van der Waals surface area (Å²) < 4.78 is 28.3. The highest BCUT2D eigenvalue weighted by Crippen LogP contribution is 2.08. The molecule has 0 aliphatic heterocycles. The minimum Gasteiger partial charge on any atom is -0.262 e. The number of hydrogen-bond acceptors (Lipinski definition) is 5. The van der Waals surface area contributed by atoms with E-state index in [1.54, 1.807) is 47.5 Å². The molecule has 0 amide bonds. The molecule has 0 aliphatic rings. The van der Waals surface area contributed by atoms with Crippen molar-refractivity contribution in [2.75, 3.05) is 0 Å². The number of rotatable bonds is 5. The summed E-state index contributed by atoms with van der Waals surface area (Å²) in [7, 11) is -3.55. The van der Waals surface area contributed by atoms with Crippen LogP contribution in [-0.2, 0) is 16.6 Å². The van der Waals surface area contributed by atoms with Gasteiger partial charge in [0.15, 0.2) is 0 Å². The van der Waals surface area contributed by atoms with E-state index >= 15 is 0 Å². The summed E-state index contributed by atoms with van der Waals surface area (Å²) >= 11 is 0. The SMILES string of the molecule is O=S(=O)(NCc1cn(-c2cccnc2)nn1)c1ccccc1. The van der Waals surface area contributed by atoms with Crippen molar-refractivity contribution in [3.05, 3.63) is 66.7 Å². The molecule has 0 bridgehead atoms.